The van der Waals surface area contributed by atoms with Gasteiger partial charge >= 0.3 is 0 Å². The van der Waals surface area contributed by atoms with Gasteiger partial charge in [-0.15, -0.1) is 0 Å². The van der Waals surface area contributed by atoms with Crippen LogP contribution in [0.25, 0.3) is 0 Å². The SMILES string of the molecule is C[C@H](N[C@@H]1CCCc2ccccc21)C(=O)NC1(C#N)CCCCC1. The van der Waals surface area contributed by atoms with Crippen LogP contribution in [-0.2, 0) is 11.2 Å². The summed E-state index contributed by atoms with van der Waals surface area (Å²) in [5.74, 6) is -0.0542. The van der Waals surface area contributed by atoms with E-state index in [1.165, 1.54) is 11.1 Å². The number of nitriles is 1. The van der Waals surface area contributed by atoms with Gasteiger partial charge in [-0.05, 0) is 50.2 Å². The molecule has 0 aromatic heterocycles. The molecular formula is C20H27N3O. The predicted octanol–water partition coefficient (Wildman–Crippen LogP) is 3.38. The summed E-state index contributed by atoms with van der Waals surface area (Å²) in [7, 11) is 0. The van der Waals surface area contributed by atoms with Gasteiger partial charge in [0.2, 0.25) is 5.91 Å². The number of rotatable bonds is 4. The van der Waals surface area contributed by atoms with Crippen molar-refractivity contribution in [1.29, 1.82) is 5.26 Å². The molecule has 0 heterocycles. The third-order valence-corrected chi connectivity index (χ3v) is 5.50. The van der Waals surface area contributed by atoms with Gasteiger partial charge < -0.3 is 5.32 Å². The van der Waals surface area contributed by atoms with E-state index in [4.69, 9.17) is 0 Å². The minimum Gasteiger partial charge on any atom is -0.336 e. The van der Waals surface area contributed by atoms with Gasteiger partial charge in [0.25, 0.3) is 0 Å². The molecule has 1 amide bonds. The Labute approximate surface area is 144 Å². The van der Waals surface area contributed by atoms with Crippen molar-refractivity contribution in [2.24, 2.45) is 0 Å². The van der Waals surface area contributed by atoms with Crippen LogP contribution in [0.15, 0.2) is 24.3 Å². The van der Waals surface area contributed by atoms with Gasteiger partial charge in [-0.25, -0.2) is 0 Å². The zero-order chi connectivity index (χ0) is 17.0. The maximum atomic E-state index is 12.6. The summed E-state index contributed by atoms with van der Waals surface area (Å²) in [6.45, 7) is 1.90. The van der Waals surface area contributed by atoms with Crippen molar-refractivity contribution in [3.63, 3.8) is 0 Å². The number of aryl methyl sites for hydroxylation is 1. The van der Waals surface area contributed by atoms with Crippen LogP contribution >= 0.6 is 0 Å². The van der Waals surface area contributed by atoms with Crippen molar-refractivity contribution >= 4 is 5.91 Å². The number of nitrogens with zero attached hydrogens (tertiary/aromatic N) is 1. The van der Waals surface area contributed by atoms with Crippen molar-refractivity contribution in [1.82, 2.24) is 10.6 Å². The average Bonchev–Trinajstić information content (AvgIpc) is 2.62. The lowest BCUT2D eigenvalue weighted by Gasteiger charge is -2.34. The molecule has 2 N–H and O–H groups in total. The van der Waals surface area contributed by atoms with Crippen molar-refractivity contribution in [3.8, 4) is 6.07 Å². The number of fused-ring (bicyclic) bond motifs is 1. The quantitative estimate of drug-likeness (QED) is 0.892. The largest absolute Gasteiger partial charge is 0.336 e. The summed E-state index contributed by atoms with van der Waals surface area (Å²) in [5.41, 5.74) is 2.04. The second-order valence-electron chi connectivity index (χ2n) is 7.28. The number of hydrogen-bond acceptors (Lipinski definition) is 3. The van der Waals surface area contributed by atoms with Gasteiger partial charge in [-0.1, -0.05) is 43.5 Å². The van der Waals surface area contributed by atoms with E-state index < -0.39 is 5.54 Å². The Morgan fingerprint density at radius 1 is 1.25 bits per heavy atom. The Bertz CT molecular complexity index is 628. The topological polar surface area (TPSA) is 64.9 Å². The van der Waals surface area contributed by atoms with E-state index in [-0.39, 0.29) is 18.0 Å². The van der Waals surface area contributed by atoms with E-state index in [1.807, 2.05) is 6.92 Å². The highest BCUT2D eigenvalue weighted by molar-refractivity contribution is 5.82. The van der Waals surface area contributed by atoms with Crippen molar-refractivity contribution in [2.45, 2.75) is 75.9 Å². The molecule has 4 nitrogen and oxygen atoms in total. The van der Waals surface area contributed by atoms with Crippen LogP contribution in [0.4, 0.5) is 0 Å². The number of benzene rings is 1. The highest BCUT2D eigenvalue weighted by Gasteiger charge is 2.35. The number of carbonyl (C=O) groups is 1. The van der Waals surface area contributed by atoms with Crippen LogP contribution in [0.1, 0.15) is 69.0 Å². The van der Waals surface area contributed by atoms with Gasteiger partial charge in [0.1, 0.15) is 5.54 Å². The van der Waals surface area contributed by atoms with Crippen LogP contribution in [0.2, 0.25) is 0 Å². The molecule has 0 saturated heterocycles. The second-order valence-corrected chi connectivity index (χ2v) is 7.28. The van der Waals surface area contributed by atoms with Crippen LogP contribution in [-0.4, -0.2) is 17.5 Å². The maximum Gasteiger partial charge on any atom is 0.238 e. The molecular weight excluding hydrogens is 298 g/mol. The lowest BCUT2D eigenvalue weighted by molar-refractivity contribution is -0.124. The third kappa shape index (κ3) is 3.62. The first-order chi connectivity index (χ1) is 11.6. The maximum absolute atomic E-state index is 12.6. The standard InChI is InChI=1S/C20H27N3O/c1-15(19(24)23-20(14-21)12-5-2-6-13-20)22-18-11-7-9-16-8-3-4-10-17(16)18/h3-4,8,10,15,18,22H,2,5-7,9,11-13H2,1H3,(H,23,24)/t15-,18+/m0/s1. The molecule has 0 radical (unpaired) electrons. The van der Waals surface area contributed by atoms with Crippen molar-refractivity contribution in [3.05, 3.63) is 35.4 Å². The van der Waals surface area contributed by atoms with Gasteiger partial charge in [0.05, 0.1) is 12.1 Å². The minimum atomic E-state index is -0.657. The number of hydrogen-bond donors (Lipinski definition) is 2. The van der Waals surface area contributed by atoms with Gasteiger partial charge in [-0.3, -0.25) is 10.1 Å². The van der Waals surface area contributed by atoms with Crippen LogP contribution in [0.5, 0.6) is 0 Å². The van der Waals surface area contributed by atoms with E-state index in [9.17, 15) is 10.1 Å². The van der Waals surface area contributed by atoms with Crippen LogP contribution in [0, 0.1) is 11.3 Å². The van der Waals surface area contributed by atoms with Crippen molar-refractivity contribution < 1.29 is 4.79 Å². The molecule has 1 fully saturated rings. The number of carbonyl (C=O) groups excluding carboxylic acids is 1. The minimum absolute atomic E-state index is 0.0542. The Hall–Kier alpha value is -1.86. The Kier molecular flexibility index (Phi) is 5.20. The molecule has 4 heteroatoms. The van der Waals surface area contributed by atoms with E-state index in [2.05, 4.69) is 41.0 Å². The highest BCUT2D eigenvalue weighted by Crippen LogP contribution is 2.30. The van der Waals surface area contributed by atoms with Gasteiger partial charge in [-0.2, -0.15) is 5.26 Å². The zero-order valence-electron chi connectivity index (χ0n) is 14.5. The first kappa shape index (κ1) is 17.0. The number of nitrogens with one attached hydrogen (secondary N) is 2. The molecule has 1 aromatic rings. The number of amides is 1. The summed E-state index contributed by atoms with van der Waals surface area (Å²) in [6.07, 6.45) is 8.06. The Morgan fingerprint density at radius 3 is 2.75 bits per heavy atom. The summed E-state index contributed by atoms with van der Waals surface area (Å²) in [5, 5.41) is 16.1. The molecule has 128 valence electrons. The van der Waals surface area contributed by atoms with E-state index >= 15 is 0 Å². The fourth-order valence-corrected chi connectivity index (χ4v) is 4.07. The van der Waals surface area contributed by atoms with Gasteiger partial charge in [0.15, 0.2) is 0 Å². The second kappa shape index (κ2) is 7.36. The van der Waals surface area contributed by atoms with Crippen LogP contribution in [0.3, 0.4) is 0 Å². The molecule has 2 aliphatic carbocycles. The third-order valence-electron chi connectivity index (χ3n) is 5.50. The molecule has 24 heavy (non-hydrogen) atoms. The molecule has 2 aliphatic rings. The lowest BCUT2D eigenvalue weighted by Crippen LogP contribution is -2.54. The molecule has 0 bridgehead atoms. The fourth-order valence-electron chi connectivity index (χ4n) is 4.07. The summed E-state index contributed by atoms with van der Waals surface area (Å²) < 4.78 is 0. The summed E-state index contributed by atoms with van der Waals surface area (Å²) in [6, 6.07) is 10.8. The monoisotopic (exact) mass is 325 g/mol. The fraction of sp³-hybridized carbons (Fsp3) is 0.600. The zero-order valence-corrected chi connectivity index (χ0v) is 14.5. The summed E-state index contributed by atoms with van der Waals surface area (Å²) in [4.78, 5) is 12.6. The van der Waals surface area contributed by atoms with Crippen LogP contribution < -0.4 is 10.6 Å². The summed E-state index contributed by atoms with van der Waals surface area (Å²) >= 11 is 0. The van der Waals surface area contributed by atoms with Crippen molar-refractivity contribution in [2.75, 3.05) is 0 Å². The molecule has 1 saturated carbocycles. The smallest absolute Gasteiger partial charge is 0.238 e. The molecule has 3 rings (SSSR count). The molecule has 0 aliphatic heterocycles. The van der Waals surface area contributed by atoms with E-state index in [0.29, 0.717) is 0 Å². The first-order valence-corrected chi connectivity index (χ1v) is 9.21. The molecule has 0 spiro atoms. The van der Waals surface area contributed by atoms with E-state index in [0.717, 1.165) is 51.4 Å². The average molecular weight is 325 g/mol. The normalized spacial score (nSPS) is 23.6. The molecule has 2 atom stereocenters. The predicted molar refractivity (Wildman–Crippen MR) is 94.3 cm³/mol. The lowest BCUT2D eigenvalue weighted by atomic mass is 9.82. The highest BCUT2D eigenvalue weighted by atomic mass is 16.2. The first-order valence-electron chi connectivity index (χ1n) is 9.21. The van der Waals surface area contributed by atoms with Gasteiger partial charge in [0, 0.05) is 6.04 Å². The Balaban J connectivity index is 1.64. The molecule has 0 unspecified atom stereocenters. The van der Waals surface area contributed by atoms with E-state index in [1.54, 1.807) is 0 Å². The molecule has 1 aromatic carbocycles. The Morgan fingerprint density at radius 2 is 2.00 bits per heavy atom.